The first-order chi connectivity index (χ1) is 6.05. The fourth-order valence-electron chi connectivity index (χ4n) is 2.21. The molecule has 0 aromatic rings. The lowest BCUT2D eigenvalue weighted by atomic mass is 9.71. The van der Waals surface area contributed by atoms with Crippen LogP contribution >= 0.6 is 0 Å². The minimum absolute atomic E-state index is 0.152. The van der Waals surface area contributed by atoms with Crippen molar-refractivity contribution in [1.82, 2.24) is 0 Å². The van der Waals surface area contributed by atoms with Crippen molar-refractivity contribution >= 4 is 0 Å². The monoisotopic (exact) mass is 185 g/mol. The molecule has 13 heavy (non-hydrogen) atoms. The van der Waals surface area contributed by atoms with E-state index in [1.807, 2.05) is 0 Å². The molecule has 0 radical (unpaired) electrons. The molecular weight excluding hydrogens is 162 g/mol. The van der Waals surface area contributed by atoms with Crippen LogP contribution in [0.1, 0.15) is 46.0 Å². The predicted octanol–water partition coefficient (Wildman–Crippen LogP) is 1.91. The van der Waals surface area contributed by atoms with Crippen LogP contribution < -0.4 is 5.73 Å². The molecule has 0 spiro atoms. The summed E-state index contributed by atoms with van der Waals surface area (Å²) < 4.78 is 0. The van der Waals surface area contributed by atoms with E-state index in [2.05, 4.69) is 13.8 Å². The normalized spacial score (nSPS) is 25.8. The first kappa shape index (κ1) is 11.0. The number of aliphatic hydroxyl groups is 1. The molecule has 0 bridgehead atoms. The fraction of sp³-hybridized carbons (Fsp3) is 1.00. The molecule has 0 unspecified atom stereocenters. The van der Waals surface area contributed by atoms with Gasteiger partial charge in [-0.15, -0.1) is 0 Å². The zero-order chi connectivity index (χ0) is 9.90. The van der Waals surface area contributed by atoms with Gasteiger partial charge >= 0.3 is 0 Å². The van der Waals surface area contributed by atoms with Crippen molar-refractivity contribution < 1.29 is 5.11 Å². The maximum Gasteiger partial charge on any atom is 0.0580 e. The van der Waals surface area contributed by atoms with Gasteiger partial charge in [-0.1, -0.05) is 13.8 Å². The minimum Gasteiger partial charge on any atom is -0.393 e. The number of aliphatic hydroxyl groups excluding tert-OH is 1. The van der Waals surface area contributed by atoms with Crippen molar-refractivity contribution in [3.05, 3.63) is 0 Å². The van der Waals surface area contributed by atoms with Gasteiger partial charge in [-0.2, -0.15) is 0 Å². The molecule has 0 aliphatic heterocycles. The van der Waals surface area contributed by atoms with Gasteiger partial charge in [0.05, 0.1) is 6.10 Å². The average molecular weight is 185 g/mol. The standard InChI is InChI=1S/C11H23NO/c1-11(2)6-3-9(4-7-11)10(13)5-8-12/h9-10,13H,3-8,12H2,1-2H3/t10-/m1/s1. The maximum absolute atomic E-state index is 9.76. The van der Waals surface area contributed by atoms with Crippen LogP contribution in [0.15, 0.2) is 0 Å². The molecule has 78 valence electrons. The molecular formula is C11H23NO. The van der Waals surface area contributed by atoms with Gasteiger partial charge in [-0.05, 0) is 50.0 Å². The molecule has 1 rings (SSSR count). The van der Waals surface area contributed by atoms with E-state index >= 15 is 0 Å². The topological polar surface area (TPSA) is 46.2 Å². The second-order valence-electron chi connectivity index (χ2n) is 5.15. The quantitative estimate of drug-likeness (QED) is 0.705. The number of hydrogen-bond donors (Lipinski definition) is 2. The Kier molecular flexibility index (Phi) is 3.74. The molecule has 2 heteroatoms. The van der Waals surface area contributed by atoms with Crippen LogP contribution in [0.2, 0.25) is 0 Å². The smallest absolute Gasteiger partial charge is 0.0580 e. The summed E-state index contributed by atoms with van der Waals surface area (Å²) in [6.07, 6.45) is 5.47. The van der Waals surface area contributed by atoms with Crippen LogP contribution in [0.25, 0.3) is 0 Å². The van der Waals surface area contributed by atoms with E-state index in [-0.39, 0.29) is 6.10 Å². The molecule has 2 nitrogen and oxygen atoms in total. The van der Waals surface area contributed by atoms with Crippen molar-refractivity contribution in [2.45, 2.75) is 52.1 Å². The van der Waals surface area contributed by atoms with Crippen molar-refractivity contribution in [3.8, 4) is 0 Å². The third-order valence-corrected chi connectivity index (χ3v) is 3.39. The van der Waals surface area contributed by atoms with Crippen LogP contribution in [-0.4, -0.2) is 17.8 Å². The van der Waals surface area contributed by atoms with Gasteiger partial charge in [0, 0.05) is 0 Å². The Balaban J connectivity index is 2.32. The fourth-order valence-corrected chi connectivity index (χ4v) is 2.21. The molecule has 1 aliphatic carbocycles. The minimum atomic E-state index is -0.152. The Morgan fingerprint density at radius 3 is 2.38 bits per heavy atom. The lowest BCUT2D eigenvalue weighted by molar-refractivity contribution is 0.0532. The Hall–Kier alpha value is -0.0800. The number of rotatable bonds is 3. The Morgan fingerprint density at radius 1 is 1.38 bits per heavy atom. The van der Waals surface area contributed by atoms with Crippen LogP contribution in [0, 0.1) is 11.3 Å². The molecule has 3 N–H and O–H groups in total. The molecule has 1 fully saturated rings. The summed E-state index contributed by atoms with van der Waals surface area (Å²) in [5.41, 5.74) is 5.93. The SMILES string of the molecule is CC1(C)CCC([C@H](O)CCN)CC1. The summed E-state index contributed by atoms with van der Waals surface area (Å²) in [6, 6.07) is 0. The number of nitrogens with two attached hydrogens (primary N) is 1. The Labute approximate surface area is 81.5 Å². The summed E-state index contributed by atoms with van der Waals surface area (Å²) in [4.78, 5) is 0. The highest BCUT2D eigenvalue weighted by Crippen LogP contribution is 2.39. The van der Waals surface area contributed by atoms with Crippen LogP contribution in [0.4, 0.5) is 0 Å². The van der Waals surface area contributed by atoms with Crippen molar-refractivity contribution in [2.24, 2.45) is 17.1 Å². The van der Waals surface area contributed by atoms with Crippen molar-refractivity contribution in [2.75, 3.05) is 6.54 Å². The molecule has 1 atom stereocenters. The maximum atomic E-state index is 9.76. The lowest BCUT2D eigenvalue weighted by Crippen LogP contribution is -2.30. The van der Waals surface area contributed by atoms with Crippen molar-refractivity contribution in [3.63, 3.8) is 0 Å². The van der Waals surface area contributed by atoms with E-state index in [1.54, 1.807) is 0 Å². The molecule has 0 saturated heterocycles. The van der Waals surface area contributed by atoms with Gasteiger partial charge in [0.2, 0.25) is 0 Å². The summed E-state index contributed by atoms with van der Waals surface area (Å²) in [5.74, 6) is 0.511. The Morgan fingerprint density at radius 2 is 1.92 bits per heavy atom. The molecule has 0 amide bonds. The van der Waals surface area contributed by atoms with Crippen molar-refractivity contribution in [1.29, 1.82) is 0 Å². The van der Waals surface area contributed by atoms with Gasteiger partial charge < -0.3 is 10.8 Å². The summed E-state index contributed by atoms with van der Waals surface area (Å²) in [7, 11) is 0. The van der Waals surface area contributed by atoms with E-state index in [9.17, 15) is 5.11 Å². The van der Waals surface area contributed by atoms with Crippen LogP contribution in [0.5, 0.6) is 0 Å². The van der Waals surface area contributed by atoms with E-state index in [1.165, 1.54) is 25.7 Å². The zero-order valence-electron chi connectivity index (χ0n) is 8.92. The first-order valence-corrected chi connectivity index (χ1v) is 5.43. The lowest BCUT2D eigenvalue weighted by Gasteiger charge is -2.36. The predicted molar refractivity (Wildman–Crippen MR) is 55.4 cm³/mol. The van der Waals surface area contributed by atoms with Gasteiger partial charge in [0.1, 0.15) is 0 Å². The highest BCUT2D eigenvalue weighted by molar-refractivity contribution is 4.81. The third-order valence-electron chi connectivity index (χ3n) is 3.39. The van der Waals surface area contributed by atoms with Gasteiger partial charge in [-0.3, -0.25) is 0 Å². The largest absolute Gasteiger partial charge is 0.393 e. The van der Waals surface area contributed by atoms with Gasteiger partial charge in [-0.25, -0.2) is 0 Å². The molecule has 1 saturated carbocycles. The van der Waals surface area contributed by atoms with Gasteiger partial charge in [0.15, 0.2) is 0 Å². The van der Waals surface area contributed by atoms with E-state index in [0.717, 1.165) is 6.42 Å². The van der Waals surface area contributed by atoms with Crippen LogP contribution in [-0.2, 0) is 0 Å². The molecule has 0 aromatic carbocycles. The van der Waals surface area contributed by atoms with Crippen LogP contribution in [0.3, 0.4) is 0 Å². The number of hydrogen-bond acceptors (Lipinski definition) is 2. The highest BCUT2D eigenvalue weighted by Gasteiger charge is 2.29. The second-order valence-corrected chi connectivity index (χ2v) is 5.15. The molecule has 0 heterocycles. The second kappa shape index (κ2) is 4.43. The van der Waals surface area contributed by atoms with Gasteiger partial charge in [0.25, 0.3) is 0 Å². The van der Waals surface area contributed by atoms with E-state index < -0.39 is 0 Å². The average Bonchev–Trinajstić information content (AvgIpc) is 2.04. The van der Waals surface area contributed by atoms with E-state index in [0.29, 0.717) is 17.9 Å². The van der Waals surface area contributed by atoms with E-state index in [4.69, 9.17) is 5.73 Å². The summed E-state index contributed by atoms with van der Waals surface area (Å²) in [6.45, 7) is 5.25. The Bertz CT molecular complexity index is 146. The third kappa shape index (κ3) is 3.28. The first-order valence-electron chi connectivity index (χ1n) is 5.43. The summed E-state index contributed by atoms with van der Waals surface area (Å²) in [5, 5.41) is 9.76. The molecule has 0 aromatic heterocycles. The highest BCUT2D eigenvalue weighted by atomic mass is 16.3. The zero-order valence-corrected chi connectivity index (χ0v) is 8.92. The summed E-state index contributed by atoms with van der Waals surface area (Å²) >= 11 is 0. The molecule has 1 aliphatic rings.